The Hall–Kier alpha value is -2.61. The Kier molecular flexibility index (Phi) is 11.2. The number of aliphatic hydroxyl groups is 1. The van der Waals surface area contributed by atoms with Gasteiger partial charge < -0.3 is 25.4 Å². The molecule has 8 heteroatoms. The van der Waals surface area contributed by atoms with Crippen LogP contribution in [-0.4, -0.2) is 58.8 Å². The first-order valence-electron chi connectivity index (χ1n) is 13.2. The summed E-state index contributed by atoms with van der Waals surface area (Å²) in [6, 6.07) is 3.86. The molecule has 1 saturated carbocycles. The quantitative estimate of drug-likeness (QED) is 0.441. The van der Waals surface area contributed by atoms with Crippen molar-refractivity contribution >= 4 is 17.9 Å². The summed E-state index contributed by atoms with van der Waals surface area (Å²) in [5, 5.41) is 15.7. The van der Waals surface area contributed by atoms with E-state index in [0.29, 0.717) is 13.0 Å². The summed E-state index contributed by atoms with van der Waals surface area (Å²) in [6.07, 6.45) is 5.86. The van der Waals surface area contributed by atoms with Crippen LogP contribution in [0, 0.1) is 13.8 Å². The fourth-order valence-corrected chi connectivity index (χ4v) is 4.56. The molecule has 2 unspecified atom stereocenters. The summed E-state index contributed by atoms with van der Waals surface area (Å²) in [4.78, 5) is 41.6. The van der Waals surface area contributed by atoms with Gasteiger partial charge in [0.05, 0.1) is 6.61 Å². The van der Waals surface area contributed by atoms with E-state index in [1.165, 1.54) is 11.3 Å². The highest BCUT2D eigenvalue weighted by molar-refractivity contribution is 5.92. The zero-order chi connectivity index (χ0) is 26.9. The van der Waals surface area contributed by atoms with E-state index in [1.54, 1.807) is 20.8 Å². The molecule has 0 heterocycles. The van der Waals surface area contributed by atoms with Crippen molar-refractivity contribution in [3.8, 4) is 0 Å². The average Bonchev–Trinajstić information content (AvgIpc) is 2.81. The largest absolute Gasteiger partial charge is 0.444 e. The second kappa shape index (κ2) is 13.6. The summed E-state index contributed by atoms with van der Waals surface area (Å²) in [6.45, 7) is 10.8. The molecular formula is C28H45N3O5. The van der Waals surface area contributed by atoms with Crippen LogP contribution in [0.2, 0.25) is 0 Å². The zero-order valence-corrected chi connectivity index (χ0v) is 22.9. The number of alkyl carbamates (subject to hydrolysis) is 1. The summed E-state index contributed by atoms with van der Waals surface area (Å²) in [5.41, 5.74) is 1.89. The molecule has 1 aliphatic carbocycles. The van der Waals surface area contributed by atoms with Crippen LogP contribution in [0.25, 0.3) is 0 Å². The fourth-order valence-electron chi connectivity index (χ4n) is 4.56. The van der Waals surface area contributed by atoms with E-state index in [-0.39, 0.29) is 11.9 Å². The van der Waals surface area contributed by atoms with E-state index in [0.717, 1.165) is 48.8 Å². The number of hydrogen-bond donors (Lipinski definition) is 3. The minimum atomic E-state index is -1.23. The first kappa shape index (κ1) is 29.6. The predicted molar refractivity (Wildman–Crippen MR) is 141 cm³/mol. The van der Waals surface area contributed by atoms with E-state index in [4.69, 9.17) is 4.74 Å². The van der Waals surface area contributed by atoms with Gasteiger partial charge in [0.15, 0.2) is 0 Å². The molecule has 0 aromatic heterocycles. The molecule has 1 fully saturated rings. The highest BCUT2D eigenvalue weighted by atomic mass is 16.6. The van der Waals surface area contributed by atoms with E-state index in [2.05, 4.69) is 10.6 Å². The molecule has 0 aliphatic heterocycles. The molecule has 3 amide bonds. The van der Waals surface area contributed by atoms with E-state index >= 15 is 0 Å². The summed E-state index contributed by atoms with van der Waals surface area (Å²) in [7, 11) is 0. The highest BCUT2D eigenvalue weighted by Gasteiger charge is 2.37. The maximum atomic E-state index is 13.8. The van der Waals surface area contributed by atoms with E-state index < -0.39 is 36.3 Å². The Labute approximate surface area is 216 Å². The number of rotatable bonds is 10. The summed E-state index contributed by atoms with van der Waals surface area (Å²) < 4.78 is 5.30. The Morgan fingerprint density at radius 3 is 2.39 bits per heavy atom. The van der Waals surface area contributed by atoms with Crippen molar-refractivity contribution < 1.29 is 24.2 Å². The molecule has 0 radical (unpaired) electrons. The lowest BCUT2D eigenvalue weighted by molar-refractivity contribution is -0.143. The molecule has 2 rings (SSSR count). The zero-order valence-electron chi connectivity index (χ0n) is 22.9. The number of aliphatic hydroxyl groups excluding tert-OH is 1. The molecule has 0 spiro atoms. The van der Waals surface area contributed by atoms with Crippen molar-refractivity contribution in [2.24, 2.45) is 0 Å². The van der Waals surface area contributed by atoms with Crippen molar-refractivity contribution in [2.45, 2.75) is 110 Å². The minimum absolute atomic E-state index is 0.0792. The number of hydrogen-bond acceptors (Lipinski definition) is 5. The Morgan fingerprint density at radius 2 is 1.81 bits per heavy atom. The predicted octanol–water partition coefficient (Wildman–Crippen LogP) is 4.31. The third-order valence-corrected chi connectivity index (χ3v) is 6.45. The topological polar surface area (TPSA) is 108 Å². The van der Waals surface area contributed by atoms with Crippen LogP contribution in [0.3, 0.4) is 0 Å². The SMILES string of the molecule is CCCCN(C(=O)C(CO)NC(=O)OC(C)(C)C)C(C(=O)NC1CCCCC1)c1cc(C)ccc1C. The number of ether oxygens (including phenoxy) is 1. The molecular weight excluding hydrogens is 458 g/mol. The maximum Gasteiger partial charge on any atom is 0.408 e. The van der Waals surface area contributed by atoms with Gasteiger partial charge in [0.25, 0.3) is 0 Å². The van der Waals surface area contributed by atoms with Gasteiger partial charge in [-0.3, -0.25) is 9.59 Å². The van der Waals surface area contributed by atoms with Crippen LogP contribution in [0.4, 0.5) is 4.79 Å². The van der Waals surface area contributed by atoms with Crippen LogP contribution < -0.4 is 10.6 Å². The Bertz CT molecular complexity index is 890. The number of unbranched alkanes of at least 4 members (excludes halogenated alkanes) is 1. The summed E-state index contributed by atoms with van der Waals surface area (Å²) >= 11 is 0. The first-order chi connectivity index (χ1) is 17.0. The average molecular weight is 504 g/mol. The Balaban J connectivity index is 2.44. The van der Waals surface area contributed by atoms with Crippen LogP contribution in [0.5, 0.6) is 0 Å². The normalized spacial score (nSPS) is 16.1. The number of amides is 3. The van der Waals surface area contributed by atoms with Gasteiger partial charge in [-0.2, -0.15) is 0 Å². The van der Waals surface area contributed by atoms with E-state index in [1.807, 2.05) is 39.0 Å². The van der Waals surface area contributed by atoms with Crippen LogP contribution in [0.1, 0.15) is 95.4 Å². The van der Waals surface area contributed by atoms with Gasteiger partial charge in [-0.15, -0.1) is 0 Å². The number of nitrogens with zero attached hydrogens (tertiary/aromatic N) is 1. The van der Waals surface area contributed by atoms with Crippen molar-refractivity contribution in [2.75, 3.05) is 13.2 Å². The van der Waals surface area contributed by atoms with Crippen LogP contribution >= 0.6 is 0 Å². The molecule has 2 atom stereocenters. The monoisotopic (exact) mass is 503 g/mol. The van der Waals surface area contributed by atoms with Crippen molar-refractivity contribution in [3.63, 3.8) is 0 Å². The number of carbonyl (C=O) groups excluding carboxylic acids is 3. The number of aryl methyl sites for hydroxylation is 2. The van der Waals surface area contributed by atoms with Crippen LogP contribution in [-0.2, 0) is 14.3 Å². The van der Waals surface area contributed by atoms with Gasteiger partial charge in [-0.05, 0) is 65.0 Å². The molecule has 1 aromatic rings. The van der Waals surface area contributed by atoms with Gasteiger partial charge in [0.1, 0.15) is 17.7 Å². The standard InChI is InChI=1S/C28H45N3O5/c1-7-8-16-31(26(34)23(18-32)30-27(35)36-28(4,5)6)24(22-17-19(2)14-15-20(22)3)25(33)29-21-12-10-9-11-13-21/h14-15,17,21,23-24,32H,7-13,16,18H2,1-6H3,(H,29,33)(H,30,35). The van der Waals surface area contributed by atoms with Gasteiger partial charge in [-0.1, -0.05) is 56.4 Å². The summed E-state index contributed by atoms with van der Waals surface area (Å²) in [5.74, 6) is -0.740. The number of nitrogens with one attached hydrogen (secondary N) is 2. The smallest absolute Gasteiger partial charge is 0.408 e. The molecule has 1 aliphatic rings. The number of benzene rings is 1. The first-order valence-corrected chi connectivity index (χ1v) is 13.2. The van der Waals surface area contributed by atoms with Crippen molar-refractivity contribution in [1.82, 2.24) is 15.5 Å². The molecule has 202 valence electrons. The molecule has 36 heavy (non-hydrogen) atoms. The maximum absolute atomic E-state index is 13.8. The lowest BCUT2D eigenvalue weighted by atomic mass is 9.93. The molecule has 0 bridgehead atoms. The second-order valence-electron chi connectivity index (χ2n) is 10.9. The van der Waals surface area contributed by atoms with Crippen LogP contribution in [0.15, 0.2) is 18.2 Å². The third-order valence-electron chi connectivity index (χ3n) is 6.45. The Morgan fingerprint density at radius 1 is 1.14 bits per heavy atom. The lowest BCUT2D eigenvalue weighted by Crippen LogP contribution is -2.55. The van der Waals surface area contributed by atoms with Gasteiger partial charge in [0, 0.05) is 12.6 Å². The second-order valence-corrected chi connectivity index (χ2v) is 10.9. The molecule has 8 nitrogen and oxygen atoms in total. The van der Waals surface area contributed by atoms with Gasteiger partial charge in [0.2, 0.25) is 11.8 Å². The van der Waals surface area contributed by atoms with Crippen molar-refractivity contribution in [3.05, 3.63) is 34.9 Å². The molecule has 0 saturated heterocycles. The van der Waals surface area contributed by atoms with Gasteiger partial charge >= 0.3 is 6.09 Å². The van der Waals surface area contributed by atoms with Gasteiger partial charge in [-0.25, -0.2) is 4.79 Å². The third kappa shape index (κ3) is 8.80. The highest BCUT2D eigenvalue weighted by Crippen LogP contribution is 2.28. The van der Waals surface area contributed by atoms with E-state index in [9.17, 15) is 19.5 Å². The molecule has 1 aromatic carbocycles. The molecule has 3 N–H and O–H groups in total. The lowest BCUT2D eigenvalue weighted by Gasteiger charge is -2.36. The number of carbonyl (C=O) groups is 3. The minimum Gasteiger partial charge on any atom is -0.444 e. The fraction of sp³-hybridized carbons (Fsp3) is 0.679. The van der Waals surface area contributed by atoms with Crippen molar-refractivity contribution in [1.29, 1.82) is 0 Å².